The lowest BCUT2D eigenvalue weighted by atomic mass is 10.1. The summed E-state index contributed by atoms with van der Waals surface area (Å²) in [7, 11) is -1.65. The van der Waals surface area contributed by atoms with Gasteiger partial charge in [-0.15, -0.1) is 0 Å². The Morgan fingerprint density at radius 2 is 1.79 bits per heavy atom. The minimum absolute atomic E-state index is 0.0475. The molecule has 4 rings (SSSR count). The molecule has 1 unspecified atom stereocenters. The van der Waals surface area contributed by atoms with Crippen LogP contribution in [0.4, 0.5) is 0 Å². The van der Waals surface area contributed by atoms with Gasteiger partial charge in [-0.2, -0.15) is 0 Å². The third kappa shape index (κ3) is 3.84. The van der Waals surface area contributed by atoms with Gasteiger partial charge in [-0.1, -0.05) is 36.4 Å². The van der Waals surface area contributed by atoms with Crippen molar-refractivity contribution in [2.45, 2.75) is 10.9 Å². The van der Waals surface area contributed by atoms with Crippen molar-refractivity contribution >= 4 is 20.8 Å². The van der Waals surface area contributed by atoms with E-state index in [-0.39, 0.29) is 6.04 Å². The van der Waals surface area contributed by atoms with Gasteiger partial charge in [0, 0.05) is 44.0 Å². The first-order valence-electron chi connectivity index (χ1n) is 9.47. The van der Waals surface area contributed by atoms with Crippen LogP contribution in [-0.4, -0.2) is 50.7 Å². The number of ether oxygens (including phenoxy) is 1. The van der Waals surface area contributed by atoms with E-state index in [2.05, 4.69) is 9.62 Å². The van der Waals surface area contributed by atoms with Gasteiger partial charge < -0.3 is 9.30 Å². The number of rotatable bonds is 6. The highest BCUT2D eigenvalue weighted by atomic mass is 32.2. The molecule has 28 heavy (non-hydrogen) atoms. The Morgan fingerprint density at radius 3 is 2.54 bits per heavy atom. The van der Waals surface area contributed by atoms with Crippen LogP contribution in [0.5, 0.6) is 0 Å². The van der Waals surface area contributed by atoms with E-state index < -0.39 is 10.0 Å². The number of morpholine rings is 1. The molecule has 148 valence electrons. The molecule has 1 atom stereocenters. The summed E-state index contributed by atoms with van der Waals surface area (Å²) in [6.45, 7) is 3.20. The molecular formula is C21H25N3O3S. The van der Waals surface area contributed by atoms with Crippen LogP contribution in [0, 0.1) is 0 Å². The van der Waals surface area contributed by atoms with E-state index in [0.717, 1.165) is 29.6 Å². The molecule has 3 aromatic rings. The normalized spacial score (nSPS) is 17.0. The number of nitrogens with one attached hydrogen (secondary N) is 1. The van der Waals surface area contributed by atoms with E-state index in [0.29, 0.717) is 24.7 Å². The maximum Gasteiger partial charge on any atom is 0.241 e. The second-order valence-electron chi connectivity index (χ2n) is 7.04. The van der Waals surface area contributed by atoms with E-state index in [9.17, 15) is 8.42 Å². The summed E-state index contributed by atoms with van der Waals surface area (Å²) in [4.78, 5) is 2.60. The van der Waals surface area contributed by atoms with Gasteiger partial charge in [0.15, 0.2) is 0 Å². The highest BCUT2D eigenvalue weighted by Gasteiger charge is 2.27. The van der Waals surface area contributed by atoms with Crippen LogP contribution in [0.2, 0.25) is 0 Å². The summed E-state index contributed by atoms with van der Waals surface area (Å²) in [5, 5.41) is 1.65. The summed E-state index contributed by atoms with van der Waals surface area (Å²) in [5.41, 5.74) is 1.09. The Bertz CT molecular complexity index is 1050. The van der Waals surface area contributed by atoms with Gasteiger partial charge in [0.2, 0.25) is 10.0 Å². The minimum atomic E-state index is -3.64. The number of aryl methyl sites for hydroxylation is 1. The molecule has 0 bridgehead atoms. The average Bonchev–Trinajstić information content (AvgIpc) is 3.14. The Morgan fingerprint density at radius 1 is 1.04 bits per heavy atom. The standard InChI is InChI=1S/C21H25N3O3S/c1-23-11-5-9-19(23)20(24-12-14-27-15-13-24)16-22-28(25,26)21-10-4-7-17-6-2-3-8-18(17)21/h2-11,20,22H,12-16H2,1H3. The number of sulfonamides is 1. The molecule has 0 aliphatic carbocycles. The van der Waals surface area contributed by atoms with E-state index in [4.69, 9.17) is 4.74 Å². The molecule has 6 nitrogen and oxygen atoms in total. The fourth-order valence-electron chi connectivity index (χ4n) is 3.83. The van der Waals surface area contributed by atoms with E-state index in [1.807, 2.05) is 60.3 Å². The Hall–Kier alpha value is -2.19. The molecule has 1 aromatic heterocycles. The molecule has 2 heterocycles. The number of aromatic nitrogens is 1. The predicted molar refractivity (Wildman–Crippen MR) is 110 cm³/mol. The van der Waals surface area contributed by atoms with Gasteiger partial charge in [-0.3, -0.25) is 4.90 Å². The predicted octanol–water partition coefficient (Wildman–Crippen LogP) is 2.53. The number of hydrogen-bond donors (Lipinski definition) is 1. The Labute approximate surface area is 165 Å². The summed E-state index contributed by atoms with van der Waals surface area (Å²) in [5.74, 6) is 0. The summed E-state index contributed by atoms with van der Waals surface area (Å²) in [6, 6.07) is 16.9. The monoisotopic (exact) mass is 399 g/mol. The summed E-state index contributed by atoms with van der Waals surface area (Å²) >= 11 is 0. The van der Waals surface area contributed by atoms with Crippen LogP contribution in [0.1, 0.15) is 11.7 Å². The molecule has 1 fully saturated rings. The SMILES string of the molecule is Cn1cccc1C(CNS(=O)(=O)c1cccc2ccccc12)N1CCOCC1. The van der Waals surface area contributed by atoms with Gasteiger partial charge in [-0.25, -0.2) is 13.1 Å². The van der Waals surface area contributed by atoms with Crippen LogP contribution >= 0.6 is 0 Å². The molecule has 0 radical (unpaired) electrons. The molecule has 0 saturated carbocycles. The Balaban J connectivity index is 1.61. The zero-order chi connectivity index (χ0) is 19.6. The van der Waals surface area contributed by atoms with Crippen molar-refractivity contribution in [3.05, 3.63) is 66.5 Å². The van der Waals surface area contributed by atoms with Crippen molar-refractivity contribution in [3.63, 3.8) is 0 Å². The summed E-state index contributed by atoms with van der Waals surface area (Å²) < 4.78 is 36.6. The van der Waals surface area contributed by atoms with E-state index >= 15 is 0 Å². The van der Waals surface area contributed by atoms with Crippen molar-refractivity contribution < 1.29 is 13.2 Å². The molecule has 0 spiro atoms. The Kier molecular flexibility index (Phi) is 5.50. The maximum atomic E-state index is 13.1. The molecule has 1 aliphatic rings. The third-order valence-electron chi connectivity index (χ3n) is 5.32. The fourth-order valence-corrected chi connectivity index (χ4v) is 5.09. The first kappa shape index (κ1) is 19.1. The molecule has 1 saturated heterocycles. The molecule has 2 aromatic carbocycles. The fraction of sp³-hybridized carbons (Fsp3) is 0.333. The first-order chi connectivity index (χ1) is 13.6. The maximum absolute atomic E-state index is 13.1. The average molecular weight is 400 g/mol. The van der Waals surface area contributed by atoms with E-state index in [1.54, 1.807) is 12.1 Å². The zero-order valence-electron chi connectivity index (χ0n) is 15.9. The molecule has 0 amide bonds. The van der Waals surface area contributed by atoms with Gasteiger partial charge in [0.25, 0.3) is 0 Å². The largest absolute Gasteiger partial charge is 0.379 e. The van der Waals surface area contributed by atoms with Crippen molar-refractivity contribution in [1.82, 2.24) is 14.2 Å². The topological polar surface area (TPSA) is 63.6 Å². The number of nitrogens with zero attached hydrogens (tertiary/aromatic N) is 2. The quantitative estimate of drug-likeness (QED) is 0.692. The van der Waals surface area contributed by atoms with Gasteiger partial charge in [0.1, 0.15) is 0 Å². The van der Waals surface area contributed by atoms with Crippen LogP contribution < -0.4 is 4.72 Å². The van der Waals surface area contributed by atoms with Crippen molar-refractivity contribution in [2.24, 2.45) is 7.05 Å². The smallest absolute Gasteiger partial charge is 0.241 e. The van der Waals surface area contributed by atoms with Crippen molar-refractivity contribution in [2.75, 3.05) is 32.8 Å². The lowest BCUT2D eigenvalue weighted by molar-refractivity contribution is 0.0158. The third-order valence-corrected chi connectivity index (χ3v) is 6.80. The first-order valence-corrected chi connectivity index (χ1v) is 10.9. The zero-order valence-corrected chi connectivity index (χ0v) is 16.7. The second-order valence-corrected chi connectivity index (χ2v) is 8.77. The summed E-state index contributed by atoms with van der Waals surface area (Å²) in [6.07, 6.45) is 1.99. The highest BCUT2D eigenvalue weighted by Crippen LogP contribution is 2.25. The lowest BCUT2D eigenvalue weighted by Crippen LogP contribution is -2.44. The highest BCUT2D eigenvalue weighted by molar-refractivity contribution is 7.89. The molecule has 1 aliphatic heterocycles. The van der Waals surface area contributed by atoms with Crippen molar-refractivity contribution in [1.29, 1.82) is 0 Å². The van der Waals surface area contributed by atoms with Crippen LogP contribution in [0.3, 0.4) is 0 Å². The van der Waals surface area contributed by atoms with Gasteiger partial charge in [0.05, 0.1) is 24.2 Å². The van der Waals surface area contributed by atoms with E-state index in [1.165, 1.54) is 0 Å². The van der Waals surface area contributed by atoms with Crippen LogP contribution in [0.15, 0.2) is 65.7 Å². The molecular weight excluding hydrogens is 374 g/mol. The number of hydrogen-bond acceptors (Lipinski definition) is 4. The minimum Gasteiger partial charge on any atom is -0.379 e. The van der Waals surface area contributed by atoms with Crippen LogP contribution in [0.25, 0.3) is 10.8 Å². The molecule has 1 N–H and O–H groups in total. The molecule has 7 heteroatoms. The van der Waals surface area contributed by atoms with Crippen molar-refractivity contribution in [3.8, 4) is 0 Å². The van der Waals surface area contributed by atoms with Gasteiger partial charge in [-0.05, 0) is 23.6 Å². The second kappa shape index (κ2) is 8.05. The number of benzene rings is 2. The number of fused-ring (bicyclic) bond motifs is 1. The van der Waals surface area contributed by atoms with Crippen LogP contribution in [-0.2, 0) is 21.8 Å². The van der Waals surface area contributed by atoms with Gasteiger partial charge >= 0.3 is 0 Å². The lowest BCUT2D eigenvalue weighted by Gasteiger charge is -2.35.